The minimum atomic E-state index is -0.483. The first-order chi connectivity index (χ1) is 9.15. The maximum absolute atomic E-state index is 13.8. The largest absolute Gasteiger partial charge is 0.306 e. The van der Waals surface area contributed by atoms with Gasteiger partial charge in [0.25, 0.3) is 5.56 Å². The smallest absolute Gasteiger partial charge is 0.259 e. The lowest BCUT2D eigenvalue weighted by atomic mass is 10.2. The molecule has 19 heavy (non-hydrogen) atoms. The predicted octanol–water partition coefficient (Wildman–Crippen LogP) is 3.38. The summed E-state index contributed by atoms with van der Waals surface area (Å²) in [4.78, 5) is 18.7. The topological polar surface area (TPSA) is 45.8 Å². The van der Waals surface area contributed by atoms with E-state index in [0.717, 1.165) is 0 Å². The molecule has 1 aromatic heterocycles. The Morgan fingerprint density at radius 3 is 2.79 bits per heavy atom. The fourth-order valence-electron chi connectivity index (χ4n) is 1.89. The Bertz CT molecular complexity index is 829. The third-order valence-corrected chi connectivity index (χ3v) is 3.03. The van der Waals surface area contributed by atoms with Crippen LogP contribution in [0.1, 0.15) is 0 Å². The molecule has 0 amide bonds. The Labute approximate surface area is 112 Å². The number of aromatic amines is 1. The van der Waals surface area contributed by atoms with Crippen molar-refractivity contribution in [1.29, 1.82) is 0 Å². The molecule has 3 rings (SSSR count). The summed E-state index contributed by atoms with van der Waals surface area (Å²) in [6.45, 7) is 0. The van der Waals surface area contributed by atoms with Crippen molar-refractivity contribution in [2.45, 2.75) is 0 Å². The number of rotatable bonds is 1. The second-order valence-electron chi connectivity index (χ2n) is 4.06. The first-order valence-corrected chi connectivity index (χ1v) is 5.97. The van der Waals surface area contributed by atoms with Crippen LogP contribution in [0.4, 0.5) is 4.39 Å². The summed E-state index contributed by atoms with van der Waals surface area (Å²) < 4.78 is 13.8. The first-order valence-electron chi connectivity index (χ1n) is 5.59. The van der Waals surface area contributed by atoms with E-state index in [1.807, 2.05) is 0 Å². The van der Waals surface area contributed by atoms with Crippen LogP contribution in [0.5, 0.6) is 0 Å². The molecule has 5 heteroatoms. The number of halogens is 2. The number of nitrogens with zero attached hydrogens (tertiary/aromatic N) is 1. The van der Waals surface area contributed by atoms with Crippen LogP contribution in [-0.2, 0) is 0 Å². The van der Waals surface area contributed by atoms with E-state index in [9.17, 15) is 9.18 Å². The molecular weight excluding hydrogens is 267 g/mol. The molecule has 0 fully saturated rings. The Hall–Kier alpha value is -2.20. The van der Waals surface area contributed by atoms with Crippen molar-refractivity contribution in [2.24, 2.45) is 0 Å². The van der Waals surface area contributed by atoms with Gasteiger partial charge in [0, 0.05) is 5.02 Å². The van der Waals surface area contributed by atoms with Gasteiger partial charge in [0.15, 0.2) is 0 Å². The zero-order valence-corrected chi connectivity index (χ0v) is 10.4. The molecule has 3 aromatic rings. The summed E-state index contributed by atoms with van der Waals surface area (Å²) >= 11 is 5.84. The molecule has 94 valence electrons. The molecule has 0 unspecified atom stereocenters. The molecule has 0 aliphatic rings. The molecule has 3 nitrogen and oxygen atoms in total. The summed E-state index contributed by atoms with van der Waals surface area (Å²) in [5, 5.41) is 0.848. The average molecular weight is 275 g/mol. The van der Waals surface area contributed by atoms with Crippen molar-refractivity contribution in [3.05, 3.63) is 63.7 Å². The van der Waals surface area contributed by atoms with Crippen LogP contribution in [0, 0.1) is 5.82 Å². The van der Waals surface area contributed by atoms with Gasteiger partial charge in [0.2, 0.25) is 0 Å². The van der Waals surface area contributed by atoms with Crippen molar-refractivity contribution < 1.29 is 4.39 Å². The SMILES string of the molecule is O=c1[nH]c(-c2cc(Cl)ccc2F)nc2ccccc12. The average Bonchev–Trinajstić information content (AvgIpc) is 2.41. The van der Waals surface area contributed by atoms with E-state index in [4.69, 9.17) is 11.6 Å². The Morgan fingerprint density at radius 1 is 1.16 bits per heavy atom. The molecule has 2 aromatic carbocycles. The molecule has 0 bridgehead atoms. The van der Waals surface area contributed by atoms with Gasteiger partial charge in [-0.2, -0.15) is 0 Å². The Kier molecular flexibility index (Phi) is 2.80. The van der Waals surface area contributed by atoms with Gasteiger partial charge >= 0.3 is 0 Å². The van der Waals surface area contributed by atoms with E-state index in [1.54, 1.807) is 24.3 Å². The van der Waals surface area contributed by atoms with Crippen LogP contribution in [-0.4, -0.2) is 9.97 Å². The molecule has 0 spiro atoms. The highest BCUT2D eigenvalue weighted by atomic mass is 35.5. The van der Waals surface area contributed by atoms with E-state index >= 15 is 0 Å². The highest BCUT2D eigenvalue weighted by molar-refractivity contribution is 6.30. The van der Waals surface area contributed by atoms with Gasteiger partial charge in [-0.05, 0) is 30.3 Å². The molecular formula is C14H8ClFN2O. The van der Waals surface area contributed by atoms with Gasteiger partial charge in [-0.25, -0.2) is 9.37 Å². The quantitative estimate of drug-likeness (QED) is 0.739. The van der Waals surface area contributed by atoms with Crippen LogP contribution in [0.15, 0.2) is 47.3 Å². The highest BCUT2D eigenvalue weighted by Gasteiger charge is 2.10. The number of nitrogens with one attached hydrogen (secondary N) is 1. The number of para-hydroxylation sites is 1. The third kappa shape index (κ3) is 2.11. The van der Waals surface area contributed by atoms with Gasteiger partial charge < -0.3 is 4.98 Å². The number of hydrogen-bond donors (Lipinski definition) is 1. The normalized spacial score (nSPS) is 10.8. The van der Waals surface area contributed by atoms with E-state index in [1.165, 1.54) is 18.2 Å². The molecule has 1 heterocycles. The molecule has 0 atom stereocenters. The molecule has 0 aliphatic carbocycles. The van der Waals surface area contributed by atoms with Crippen LogP contribution in [0.3, 0.4) is 0 Å². The van der Waals surface area contributed by atoms with Crippen LogP contribution in [0.2, 0.25) is 5.02 Å². The van der Waals surface area contributed by atoms with Crippen molar-refractivity contribution in [3.63, 3.8) is 0 Å². The molecule has 0 radical (unpaired) electrons. The van der Waals surface area contributed by atoms with Gasteiger partial charge in [-0.1, -0.05) is 23.7 Å². The summed E-state index contributed by atoms with van der Waals surface area (Å²) in [5.74, 6) is -0.313. The molecule has 1 N–H and O–H groups in total. The highest BCUT2D eigenvalue weighted by Crippen LogP contribution is 2.23. The summed E-state index contributed by atoms with van der Waals surface area (Å²) in [5.41, 5.74) is 0.385. The van der Waals surface area contributed by atoms with Crippen molar-refractivity contribution >= 4 is 22.5 Å². The third-order valence-electron chi connectivity index (χ3n) is 2.80. The Morgan fingerprint density at radius 2 is 1.95 bits per heavy atom. The lowest BCUT2D eigenvalue weighted by Crippen LogP contribution is -2.09. The van der Waals surface area contributed by atoms with Gasteiger partial charge in [-0.15, -0.1) is 0 Å². The summed E-state index contributed by atoms with van der Waals surface area (Å²) in [7, 11) is 0. The van der Waals surface area contributed by atoms with E-state index in [2.05, 4.69) is 9.97 Å². The zero-order chi connectivity index (χ0) is 13.4. The van der Waals surface area contributed by atoms with Crippen molar-refractivity contribution in [2.75, 3.05) is 0 Å². The van der Waals surface area contributed by atoms with Crippen LogP contribution < -0.4 is 5.56 Å². The van der Waals surface area contributed by atoms with Crippen molar-refractivity contribution in [3.8, 4) is 11.4 Å². The zero-order valence-electron chi connectivity index (χ0n) is 9.65. The van der Waals surface area contributed by atoms with Gasteiger partial charge in [-0.3, -0.25) is 4.79 Å². The minimum absolute atomic E-state index is 0.170. The van der Waals surface area contributed by atoms with Gasteiger partial charge in [0.1, 0.15) is 11.6 Å². The predicted molar refractivity (Wildman–Crippen MR) is 72.8 cm³/mol. The van der Waals surface area contributed by atoms with E-state index in [0.29, 0.717) is 15.9 Å². The maximum Gasteiger partial charge on any atom is 0.259 e. The molecule has 0 saturated heterocycles. The maximum atomic E-state index is 13.8. The lowest BCUT2D eigenvalue weighted by molar-refractivity contribution is 0.630. The monoisotopic (exact) mass is 274 g/mol. The minimum Gasteiger partial charge on any atom is -0.306 e. The Balaban J connectivity index is 2.31. The number of benzene rings is 2. The lowest BCUT2D eigenvalue weighted by Gasteiger charge is -2.04. The second kappa shape index (κ2) is 4.48. The van der Waals surface area contributed by atoms with Gasteiger partial charge in [0.05, 0.1) is 16.5 Å². The summed E-state index contributed by atoms with van der Waals surface area (Å²) in [6.07, 6.45) is 0. The first kappa shape index (κ1) is 11.9. The number of H-pyrrole nitrogens is 1. The molecule has 0 aliphatic heterocycles. The van der Waals surface area contributed by atoms with Crippen molar-refractivity contribution in [1.82, 2.24) is 9.97 Å². The second-order valence-corrected chi connectivity index (χ2v) is 4.49. The fourth-order valence-corrected chi connectivity index (χ4v) is 2.07. The standard InChI is InChI=1S/C14H8ClFN2O/c15-8-5-6-11(16)10(7-8)13-17-12-4-2-1-3-9(12)14(19)18-13/h1-7H,(H,17,18,19). The number of hydrogen-bond acceptors (Lipinski definition) is 2. The number of fused-ring (bicyclic) bond motifs is 1. The van der Waals surface area contributed by atoms with Crippen LogP contribution in [0.25, 0.3) is 22.3 Å². The number of aromatic nitrogens is 2. The molecule has 0 saturated carbocycles. The summed E-state index contributed by atoms with van der Waals surface area (Å²) in [6, 6.07) is 11.0. The van der Waals surface area contributed by atoms with E-state index in [-0.39, 0.29) is 16.9 Å². The van der Waals surface area contributed by atoms with Crippen LogP contribution >= 0.6 is 11.6 Å². The fraction of sp³-hybridized carbons (Fsp3) is 0. The van der Waals surface area contributed by atoms with E-state index < -0.39 is 5.82 Å².